The Kier molecular flexibility index (Phi) is 6.35. The van der Waals surface area contributed by atoms with Gasteiger partial charge in [0.25, 0.3) is 11.6 Å². The molecule has 0 saturated heterocycles. The second kappa shape index (κ2) is 6.97. The zero-order valence-electron chi connectivity index (χ0n) is 10.5. The average Bonchev–Trinajstić information content (AvgIpc) is 2.59. The van der Waals surface area contributed by atoms with Crippen molar-refractivity contribution < 1.29 is 9.72 Å². The van der Waals surface area contributed by atoms with Crippen LogP contribution in [-0.4, -0.2) is 47.5 Å². The summed E-state index contributed by atoms with van der Waals surface area (Å²) in [5, 5.41) is 13.2. The third kappa shape index (κ3) is 4.34. The Morgan fingerprint density at radius 3 is 2.61 bits per heavy atom. The second-order valence-electron chi connectivity index (χ2n) is 4.01. The quantitative estimate of drug-likeness (QED) is 0.632. The molecular weight excluding hydrogens is 260 g/mol. The summed E-state index contributed by atoms with van der Waals surface area (Å²) in [5.74, 6) is -0.303. The summed E-state index contributed by atoms with van der Waals surface area (Å²) in [6.45, 7) is 1.23. The number of nitrogens with zero attached hydrogens (tertiary/aromatic N) is 3. The lowest BCUT2D eigenvalue weighted by atomic mass is 10.4. The highest BCUT2D eigenvalue weighted by molar-refractivity contribution is 5.93. The molecule has 0 radical (unpaired) electrons. The number of hydrogen-bond acceptors (Lipinski definition) is 4. The summed E-state index contributed by atoms with van der Waals surface area (Å²) in [4.78, 5) is 23.7. The molecule has 1 aromatic rings. The smallest absolute Gasteiger partial charge is 0.287 e. The lowest BCUT2D eigenvalue weighted by Gasteiger charge is -2.10. The van der Waals surface area contributed by atoms with Crippen LogP contribution in [0.15, 0.2) is 12.3 Å². The molecular formula is C10H17ClN4O3. The van der Waals surface area contributed by atoms with E-state index in [4.69, 9.17) is 0 Å². The second-order valence-corrected chi connectivity index (χ2v) is 4.01. The number of hydrogen-bond donors (Lipinski definition) is 1. The fourth-order valence-electron chi connectivity index (χ4n) is 1.36. The van der Waals surface area contributed by atoms with Crippen LogP contribution in [0.4, 0.5) is 5.69 Å². The topological polar surface area (TPSA) is 80.4 Å². The van der Waals surface area contributed by atoms with Gasteiger partial charge in [0.05, 0.1) is 11.1 Å². The van der Waals surface area contributed by atoms with Crippen LogP contribution in [0.5, 0.6) is 0 Å². The Morgan fingerprint density at radius 1 is 1.56 bits per heavy atom. The number of carbonyl (C=O) groups is 1. The van der Waals surface area contributed by atoms with E-state index in [2.05, 4.69) is 5.32 Å². The predicted molar refractivity (Wildman–Crippen MR) is 70.2 cm³/mol. The van der Waals surface area contributed by atoms with Gasteiger partial charge in [-0.3, -0.25) is 14.9 Å². The minimum Gasteiger partial charge on any atom is -0.349 e. The van der Waals surface area contributed by atoms with Crippen LogP contribution in [0.2, 0.25) is 0 Å². The highest BCUT2D eigenvalue weighted by Crippen LogP contribution is 2.14. The van der Waals surface area contributed by atoms with Crippen LogP contribution in [0.25, 0.3) is 0 Å². The Hall–Kier alpha value is -1.60. The van der Waals surface area contributed by atoms with Crippen molar-refractivity contribution in [1.82, 2.24) is 14.8 Å². The van der Waals surface area contributed by atoms with Crippen molar-refractivity contribution >= 4 is 24.0 Å². The van der Waals surface area contributed by atoms with Crippen LogP contribution in [-0.2, 0) is 7.05 Å². The average molecular weight is 277 g/mol. The maximum atomic E-state index is 11.7. The summed E-state index contributed by atoms with van der Waals surface area (Å²) < 4.78 is 1.45. The monoisotopic (exact) mass is 276 g/mol. The van der Waals surface area contributed by atoms with Gasteiger partial charge in [-0.2, -0.15) is 0 Å². The van der Waals surface area contributed by atoms with E-state index in [0.29, 0.717) is 6.54 Å². The molecule has 18 heavy (non-hydrogen) atoms. The number of halogens is 1. The first-order valence-electron chi connectivity index (χ1n) is 5.15. The van der Waals surface area contributed by atoms with Crippen LogP contribution in [0.1, 0.15) is 10.5 Å². The van der Waals surface area contributed by atoms with Gasteiger partial charge in [0.1, 0.15) is 5.69 Å². The maximum Gasteiger partial charge on any atom is 0.287 e. The highest BCUT2D eigenvalue weighted by atomic mass is 35.5. The van der Waals surface area contributed by atoms with Gasteiger partial charge in [-0.1, -0.05) is 0 Å². The van der Waals surface area contributed by atoms with E-state index in [0.717, 1.165) is 6.54 Å². The Morgan fingerprint density at radius 2 is 2.17 bits per heavy atom. The first kappa shape index (κ1) is 16.4. The minimum absolute atomic E-state index is 0. The van der Waals surface area contributed by atoms with Crippen LogP contribution in [0.3, 0.4) is 0 Å². The number of carbonyl (C=O) groups excluding carboxylic acids is 1. The van der Waals surface area contributed by atoms with Crippen molar-refractivity contribution in [2.24, 2.45) is 7.05 Å². The van der Waals surface area contributed by atoms with E-state index in [-0.39, 0.29) is 29.7 Å². The molecule has 0 aliphatic heterocycles. The maximum absolute atomic E-state index is 11.7. The van der Waals surface area contributed by atoms with Crippen molar-refractivity contribution in [2.45, 2.75) is 0 Å². The van der Waals surface area contributed by atoms with E-state index in [9.17, 15) is 14.9 Å². The molecule has 0 spiro atoms. The normalized spacial score (nSPS) is 10.0. The third-order valence-electron chi connectivity index (χ3n) is 2.28. The SMILES string of the molecule is CN(C)CCNC(=O)c1cc([N+](=O)[O-])cn1C.Cl. The molecule has 1 N–H and O–H groups in total. The standard InChI is InChI=1S/C10H16N4O3.ClH/c1-12(2)5-4-11-10(15)9-6-8(14(16)17)7-13(9)3;/h6-7H,4-5H2,1-3H3,(H,11,15);1H. The molecule has 0 aromatic carbocycles. The summed E-state index contributed by atoms with van der Waals surface area (Å²) in [6.07, 6.45) is 1.32. The number of aromatic nitrogens is 1. The van der Waals surface area contributed by atoms with E-state index < -0.39 is 4.92 Å². The van der Waals surface area contributed by atoms with Gasteiger partial charge < -0.3 is 14.8 Å². The first-order valence-corrected chi connectivity index (χ1v) is 5.15. The Labute approximate surface area is 111 Å². The zero-order valence-corrected chi connectivity index (χ0v) is 11.4. The molecule has 8 heteroatoms. The highest BCUT2D eigenvalue weighted by Gasteiger charge is 2.16. The fourth-order valence-corrected chi connectivity index (χ4v) is 1.36. The summed E-state index contributed by atoms with van der Waals surface area (Å²) in [5.41, 5.74) is 0.209. The van der Waals surface area contributed by atoms with Crippen LogP contribution >= 0.6 is 12.4 Å². The van der Waals surface area contributed by atoms with Gasteiger partial charge in [0.2, 0.25) is 0 Å². The Balaban J connectivity index is 0.00000289. The van der Waals surface area contributed by atoms with Crippen LogP contribution in [0, 0.1) is 10.1 Å². The van der Waals surface area contributed by atoms with E-state index in [1.54, 1.807) is 7.05 Å². The van der Waals surface area contributed by atoms with Crippen molar-refractivity contribution in [2.75, 3.05) is 27.2 Å². The minimum atomic E-state index is -0.517. The molecule has 102 valence electrons. The molecule has 0 saturated carbocycles. The number of nitrogens with one attached hydrogen (secondary N) is 1. The molecule has 1 rings (SSSR count). The molecule has 1 aromatic heterocycles. The van der Waals surface area contributed by atoms with Crippen LogP contribution < -0.4 is 5.32 Å². The lowest BCUT2D eigenvalue weighted by Crippen LogP contribution is -2.32. The molecule has 0 bridgehead atoms. The molecule has 0 unspecified atom stereocenters. The van der Waals surface area contributed by atoms with Crippen molar-refractivity contribution in [3.63, 3.8) is 0 Å². The first-order chi connectivity index (χ1) is 7.91. The van der Waals surface area contributed by atoms with Gasteiger partial charge in [-0.25, -0.2) is 0 Å². The van der Waals surface area contributed by atoms with E-state index >= 15 is 0 Å². The molecule has 1 amide bonds. The van der Waals surface area contributed by atoms with Crippen molar-refractivity contribution in [1.29, 1.82) is 0 Å². The molecule has 0 aliphatic carbocycles. The van der Waals surface area contributed by atoms with E-state index in [1.165, 1.54) is 16.8 Å². The molecule has 0 fully saturated rings. The van der Waals surface area contributed by atoms with E-state index in [1.807, 2.05) is 19.0 Å². The molecule has 7 nitrogen and oxygen atoms in total. The Bertz CT molecular complexity index is 431. The van der Waals surface area contributed by atoms with Crippen molar-refractivity contribution in [3.8, 4) is 0 Å². The molecule has 1 heterocycles. The van der Waals surface area contributed by atoms with Gasteiger partial charge in [-0.15, -0.1) is 12.4 Å². The van der Waals surface area contributed by atoms with Crippen molar-refractivity contribution in [3.05, 3.63) is 28.1 Å². The van der Waals surface area contributed by atoms with Gasteiger partial charge in [0, 0.05) is 26.2 Å². The molecule has 0 atom stereocenters. The van der Waals surface area contributed by atoms with Gasteiger partial charge in [0.15, 0.2) is 0 Å². The number of nitro groups is 1. The van der Waals surface area contributed by atoms with Gasteiger partial charge >= 0.3 is 0 Å². The zero-order chi connectivity index (χ0) is 13.0. The van der Waals surface area contributed by atoms with Gasteiger partial charge in [-0.05, 0) is 14.1 Å². The fraction of sp³-hybridized carbons (Fsp3) is 0.500. The molecule has 0 aliphatic rings. The summed E-state index contributed by atoms with van der Waals surface area (Å²) in [7, 11) is 5.41. The largest absolute Gasteiger partial charge is 0.349 e. The summed E-state index contributed by atoms with van der Waals surface area (Å²) >= 11 is 0. The number of likely N-dealkylation sites (N-methyl/N-ethyl adjacent to an activating group) is 1. The number of rotatable bonds is 5. The number of aryl methyl sites for hydroxylation is 1. The third-order valence-corrected chi connectivity index (χ3v) is 2.28. The summed E-state index contributed by atoms with van der Waals surface area (Å²) in [6, 6.07) is 1.27. The number of amides is 1. The lowest BCUT2D eigenvalue weighted by molar-refractivity contribution is -0.384. The predicted octanol–water partition coefficient (Wildman–Crippen LogP) is 0.646.